The third-order valence-electron chi connectivity index (χ3n) is 2.68. The van der Waals surface area contributed by atoms with E-state index >= 15 is 0 Å². The summed E-state index contributed by atoms with van der Waals surface area (Å²) in [5.41, 5.74) is 0. The maximum atomic E-state index is 12.4. The van der Waals surface area contributed by atoms with E-state index in [2.05, 4.69) is 12.6 Å². The van der Waals surface area contributed by atoms with Crippen LogP contribution in [0, 0.1) is 0 Å². The number of nitrogens with zero attached hydrogens (tertiary/aromatic N) is 1. The number of carboxylic acid groups (broad SMARTS) is 1. The van der Waals surface area contributed by atoms with Gasteiger partial charge < -0.3 is 5.11 Å². The largest absolute Gasteiger partial charge is 0.480 e. The fraction of sp³-hybridized carbons (Fsp3) is 0.364. The van der Waals surface area contributed by atoms with Crippen LogP contribution >= 0.6 is 35.8 Å². The highest BCUT2D eigenvalue weighted by molar-refractivity contribution is 7.89. The van der Waals surface area contributed by atoms with Gasteiger partial charge in [-0.25, -0.2) is 8.42 Å². The van der Waals surface area contributed by atoms with Crippen molar-refractivity contribution in [1.82, 2.24) is 4.31 Å². The van der Waals surface area contributed by atoms with Crippen molar-refractivity contribution in [2.24, 2.45) is 0 Å². The molecule has 0 saturated heterocycles. The first-order chi connectivity index (χ1) is 9.21. The number of sulfonamides is 1. The number of aliphatic carboxylic acids is 1. The summed E-state index contributed by atoms with van der Waals surface area (Å²) < 4.78 is 25.6. The molecular weight excluding hydrogens is 345 g/mol. The van der Waals surface area contributed by atoms with Gasteiger partial charge in [0.2, 0.25) is 10.0 Å². The Balaban J connectivity index is 3.27. The van der Waals surface area contributed by atoms with Crippen LogP contribution in [0.25, 0.3) is 0 Å². The van der Waals surface area contributed by atoms with Crippen molar-refractivity contribution in [3.8, 4) is 0 Å². The van der Waals surface area contributed by atoms with E-state index in [1.54, 1.807) is 0 Å². The second-order valence-corrected chi connectivity index (χ2v) is 7.22. The van der Waals surface area contributed by atoms with Crippen LogP contribution in [-0.4, -0.2) is 42.6 Å². The zero-order valence-corrected chi connectivity index (χ0v) is 13.7. The molecule has 0 spiro atoms. The number of hydrogen-bond acceptors (Lipinski definition) is 4. The number of thiol groups is 1. The van der Waals surface area contributed by atoms with E-state index in [0.29, 0.717) is 0 Å². The average Bonchev–Trinajstić information content (AvgIpc) is 2.37. The predicted molar refractivity (Wildman–Crippen MR) is 81.3 cm³/mol. The molecule has 0 aromatic heterocycles. The molecule has 1 atom stereocenters. The van der Waals surface area contributed by atoms with E-state index < -0.39 is 22.0 Å². The molecule has 0 aliphatic carbocycles. The van der Waals surface area contributed by atoms with Gasteiger partial charge in [0.1, 0.15) is 10.9 Å². The Hall–Kier alpha value is -0.470. The summed E-state index contributed by atoms with van der Waals surface area (Å²) in [7, 11) is -2.87. The first-order valence-electron chi connectivity index (χ1n) is 5.48. The monoisotopic (exact) mass is 357 g/mol. The van der Waals surface area contributed by atoms with Crippen molar-refractivity contribution in [3.05, 3.63) is 28.2 Å². The summed E-state index contributed by atoms with van der Waals surface area (Å²) >= 11 is 15.6. The molecule has 1 N–H and O–H groups in total. The number of rotatable bonds is 6. The van der Waals surface area contributed by atoms with Gasteiger partial charge in [0, 0.05) is 12.1 Å². The van der Waals surface area contributed by atoms with Crippen molar-refractivity contribution >= 4 is 51.8 Å². The minimum absolute atomic E-state index is 0.0173. The number of carbonyl (C=O) groups is 1. The standard InChI is InChI=1S/C11H13Cl2NO4S2/c1-14(9(4-5-19)11(15)16)20(17,18)10-6-7(12)2-3-8(10)13/h2-3,6,9,19H,4-5H2,1H3,(H,15,16). The molecule has 0 amide bonds. The molecular formula is C11H13Cl2NO4S2. The predicted octanol–water partition coefficient (Wildman–Crippen LogP) is 2.39. The lowest BCUT2D eigenvalue weighted by Gasteiger charge is -2.24. The SMILES string of the molecule is CN(C(CCS)C(=O)O)S(=O)(=O)c1cc(Cl)ccc1Cl. The van der Waals surface area contributed by atoms with E-state index in [1.807, 2.05) is 0 Å². The van der Waals surface area contributed by atoms with Gasteiger partial charge in [-0.1, -0.05) is 23.2 Å². The molecule has 0 heterocycles. The molecule has 0 bridgehead atoms. The molecule has 20 heavy (non-hydrogen) atoms. The Morgan fingerprint density at radius 1 is 1.45 bits per heavy atom. The van der Waals surface area contributed by atoms with Crippen molar-refractivity contribution < 1.29 is 18.3 Å². The van der Waals surface area contributed by atoms with Crippen LogP contribution in [0.4, 0.5) is 0 Å². The average molecular weight is 358 g/mol. The highest BCUT2D eigenvalue weighted by Crippen LogP contribution is 2.28. The Morgan fingerprint density at radius 3 is 2.55 bits per heavy atom. The number of benzene rings is 1. The molecule has 112 valence electrons. The van der Waals surface area contributed by atoms with Crippen molar-refractivity contribution in [2.45, 2.75) is 17.4 Å². The van der Waals surface area contributed by atoms with Crippen LogP contribution in [0.5, 0.6) is 0 Å². The van der Waals surface area contributed by atoms with E-state index in [1.165, 1.54) is 25.2 Å². The molecule has 0 saturated carbocycles. The zero-order valence-electron chi connectivity index (χ0n) is 10.5. The molecule has 1 aromatic rings. The molecule has 5 nitrogen and oxygen atoms in total. The Bertz CT molecular complexity index is 606. The summed E-state index contributed by atoms with van der Waals surface area (Å²) in [5, 5.41) is 9.29. The fourth-order valence-corrected chi connectivity index (χ4v) is 3.90. The molecule has 0 fully saturated rings. The summed E-state index contributed by atoms with van der Waals surface area (Å²) in [4.78, 5) is 10.9. The quantitative estimate of drug-likeness (QED) is 0.766. The normalized spacial score (nSPS) is 13.4. The topological polar surface area (TPSA) is 74.7 Å². The van der Waals surface area contributed by atoms with E-state index in [9.17, 15) is 13.2 Å². The van der Waals surface area contributed by atoms with Gasteiger partial charge in [-0.05, 0) is 30.4 Å². The van der Waals surface area contributed by atoms with Gasteiger partial charge in [-0.3, -0.25) is 4.79 Å². The first kappa shape index (κ1) is 17.6. The van der Waals surface area contributed by atoms with Crippen LogP contribution < -0.4 is 0 Å². The summed E-state index contributed by atoms with van der Waals surface area (Å²) in [6.07, 6.45) is 0.0758. The zero-order chi connectivity index (χ0) is 15.5. The third-order valence-corrected chi connectivity index (χ3v) is 5.52. The number of hydrogen-bond donors (Lipinski definition) is 2. The summed E-state index contributed by atoms with van der Waals surface area (Å²) in [6, 6.07) is 2.77. The maximum Gasteiger partial charge on any atom is 0.322 e. The van der Waals surface area contributed by atoms with E-state index in [4.69, 9.17) is 28.3 Å². The minimum atomic E-state index is -4.06. The number of halogens is 2. The minimum Gasteiger partial charge on any atom is -0.480 e. The Kier molecular flexibility index (Phi) is 6.15. The van der Waals surface area contributed by atoms with Gasteiger partial charge in [0.15, 0.2) is 0 Å². The van der Waals surface area contributed by atoms with E-state index in [0.717, 1.165) is 4.31 Å². The second-order valence-electron chi connectivity index (χ2n) is 3.96. The Labute approximate surface area is 132 Å². The lowest BCUT2D eigenvalue weighted by atomic mass is 10.2. The van der Waals surface area contributed by atoms with Crippen LogP contribution in [-0.2, 0) is 14.8 Å². The molecule has 1 rings (SSSR count). The summed E-state index contributed by atoms with van der Waals surface area (Å²) in [6.45, 7) is 0. The summed E-state index contributed by atoms with van der Waals surface area (Å²) in [5.74, 6) is -1.01. The van der Waals surface area contributed by atoms with Crippen LogP contribution in [0.2, 0.25) is 10.0 Å². The number of carboxylic acids is 1. The highest BCUT2D eigenvalue weighted by Gasteiger charge is 2.33. The van der Waals surface area contributed by atoms with Crippen LogP contribution in [0.15, 0.2) is 23.1 Å². The highest BCUT2D eigenvalue weighted by atomic mass is 35.5. The van der Waals surface area contributed by atoms with E-state index in [-0.39, 0.29) is 27.1 Å². The van der Waals surface area contributed by atoms with Crippen molar-refractivity contribution in [2.75, 3.05) is 12.8 Å². The van der Waals surface area contributed by atoms with Gasteiger partial charge >= 0.3 is 5.97 Å². The maximum absolute atomic E-state index is 12.4. The molecule has 0 aliphatic rings. The van der Waals surface area contributed by atoms with Crippen LogP contribution in [0.1, 0.15) is 6.42 Å². The second kappa shape index (κ2) is 7.00. The molecule has 0 aliphatic heterocycles. The molecule has 1 aromatic carbocycles. The molecule has 9 heteroatoms. The van der Waals surface area contributed by atoms with Crippen LogP contribution in [0.3, 0.4) is 0 Å². The molecule has 0 radical (unpaired) electrons. The van der Waals surface area contributed by atoms with Crippen molar-refractivity contribution in [1.29, 1.82) is 0 Å². The smallest absolute Gasteiger partial charge is 0.322 e. The molecule has 1 unspecified atom stereocenters. The number of likely N-dealkylation sites (N-methyl/N-ethyl adjacent to an activating group) is 1. The fourth-order valence-electron chi connectivity index (χ4n) is 1.58. The lowest BCUT2D eigenvalue weighted by molar-refractivity contribution is -0.141. The lowest BCUT2D eigenvalue weighted by Crippen LogP contribution is -2.42. The van der Waals surface area contributed by atoms with Gasteiger partial charge in [-0.15, -0.1) is 0 Å². The Morgan fingerprint density at radius 2 is 2.05 bits per heavy atom. The van der Waals surface area contributed by atoms with Gasteiger partial charge in [-0.2, -0.15) is 16.9 Å². The van der Waals surface area contributed by atoms with Gasteiger partial charge in [0.05, 0.1) is 5.02 Å². The van der Waals surface area contributed by atoms with Crippen molar-refractivity contribution in [3.63, 3.8) is 0 Å². The first-order valence-corrected chi connectivity index (χ1v) is 8.31. The van der Waals surface area contributed by atoms with Gasteiger partial charge in [0.25, 0.3) is 0 Å². The third kappa shape index (κ3) is 3.79.